The number of anilines is 1. The zero-order valence-electron chi connectivity index (χ0n) is 15.9. The van der Waals surface area contributed by atoms with E-state index in [9.17, 15) is 22.4 Å². The minimum atomic E-state index is -4.61. The number of amides is 1. The van der Waals surface area contributed by atoms with E-state index in [1.807, 2.05) is 0 Å². The Labute approximate surface area is 173 Å². The van der Waals surface area contributed by atoms with Gasteiger partial charge in [-0.15, -0.1) is 0 Å². The van der Waals surface area contributed by atoms with Crippen molar-refractivity contribution in [1.29, 1.82) is 0 Å². The Morgan fingerprint density at radius 3 is 2.71 bits per heavy atom. The summed E-state index contributed by atoms with van der Waals surface area (Å²) >= 11 is 0. The smallest absolute Gasteiger partial charge is 0.371 e. The molecule has 1 atom stereocenters. The van der Waals surface area contributed by atoms with Gasteiger partial charge in [-0.25, -0.2) is 19.0 Å². The van der Waals surface area contributed by atoms with Crippen LogP contribution in [0.5, 0.6) is 0 Å². The molecule has 2 N–H and O–H groups in total. The van der Waals surface area contributed by atoms with Crippen molar-refractivity contribution in [1.82, 2.24) is 25.1 Å². The molecule has 4 rings (SSSR count). The molecule has 31 heavy (non-hydrogen) atoms. The van der Waals surface area contributed by atoms with Crippen LogP contribution in [0, 0.1) is 5.82 Å². The standard InChI is InChI=1S/C19H16F4N6O2/c20-14-5-12(1-2-13(14)15-7-24-3-4-31-15)28-18(30)11-6-27-29(10-11)17-9-25-16(8-26-17)19(21,22)23/h1-2,5-6,8-10,15,24H,3-4,7H2,(H,28,30). The lowest BCUT2D eigenvalue weighted by Gasteiger charge is -2.24. The normalized spacial score (nSPS) is 16.8. The van der Waals surface area contributed by atoms with E-state index < -0.39 is 29.7 Å². The van der Waals surface area contributed by atoms with Crippen molar-refractivity contribution in [2.75, 3.05) is 25.0 Å². The highest BCUT2D eigenvalue weighted by Gasteiger charge is 2.32. The van der Waals surface area contributed by atoms with E-state index in [1.54, 1.807) is 12.1 Å². The Bertz CT molecular complexity index is 1080. The third-order valence-corrected chi connectivity index (χ3v) is 4.54. The first-order valence-electron chi connectivity index (χ1n) is 9.18. The number of alkyl halides is 3. The Morgan fingerprint density at radius 1 is 1.23 bits per heavy atom. The van der Waals surface area contributed by atoms with Gasteiger partial charge >= 0.3 is 6.18 Å². The van der Waals surface area contributed by atoms with Crippen molar-refractivity contribution >= 4 is 11.6 Å². The summed E-state index contributed by atoms with van der Waals surface area (Å²) in [5.41, 5.74) is -0.414. The molecule has 1 unspecified atom stereocenters. The molecule has 3 aromatic rings. The molecule has 162 valence electrons. The molecule has 0 aliphatic carbocycles. The van der Waals surface area contributed by atoms with Gasteiger partial charge in [0, 0.05) is 30.5 Å². The molecule has 1 aliphatic heterocycles. The number of nitrogens with one attached hydrogen (secondary N) is 2. The van der Waals surface area contributed by atoms with Crippen molar-refractivity contribution in [3.05, 3.63) is 65.6 Å². The second-order valence-corrected chi connectivity index (χ2v) is 6.69. The van der Waals surface area contributed by atoms with Gasteiger partial charge in [-0.1, -0.05) is 6.07 Å². The molecule has 0 radical (unpaired) electrons. The summed E-state index contributed by atoms with van der Waals surface area (Å²) in [6, 6.07) is 4.29. The fourth-order valence-corrected chi connectivity index (χ4v) is 2.99. The predicted molar refractivity (Wildman–Crippen MR) is 100 cm³/mol. The lowest BCUT2D eigenvalue weighted by Crippen LogP contribution is -2.33. The number of morpholine rings is 1. The van der Waals surface area contributed by atoms with Crippen LogP contribution in [0.1, 0.15) is 27.7 Å². The number of nitrogens with zero attached hydrogens (tertiary/aromatic N) is 4. The van der Waals surface area contributed by atoms with Crippen LogP contribution in [0.3, 0.4) is 0 Å². The SMILES string of the molecule is O=C(Nc1ccc(C2CNCCO2)c(F)c1)c1cnn(-c2cnc(C(F)(F)F)cn2)c1. The summed E-state index contributed by atoms with van der Waals surface area (Å²) in [5.74, 6) is -1.08. The number of carbonyl (C=O) groups excluding carboxylic acids is 1. The van der Waals surface area contributed by atoms with Crippen LogP contribution >= 0.6 is 0 Å². The number of halogens is 4. The minimum Gasteiger partial charge on any atom is -0.371 e. The zero-order chi connectivity index (χ0) is 22.0. The van der Waals surface area contributed by atoms with E-state index in [0.29, 0.717) is 31.5 Å². The van der Waals surface area contributed by atoms with Gasteiger partial charge < -0.3 is 15.4 Å². The number of benzene rings is 1. The molecule has 8 nitrogen and oxygen atoms in total. The van der Waals surface area contributed by atoms with Crippen molar-refractivity contribution in [2.45, 2.75) is 12.3 Å². The molecule has 1 saturated heterocycles. The number of aromatic nitrogens is 4. The lowest BCUT2D eigenvalue weighted by atomic mass is 10.1. The summed E-state index contributed by atoms with van der Waals surface area (Å²) < 4.78 is 58.9. The maximum Gasteiger partial charge on any atom is 0.434 e. The molecule has 1 fully saturated rings. The lowest BCUT2D eigenvalue weighted by molar-refractivity contribution is -0.141. The predicted octanol–water partition coefficient (Wildman–Crippen LogP) is 2.73. The van der Waals surface area contributed by atoms with Crippen LogP contribution in [0.2, 0.25) is 0 Å². The first kappa shape index (κ1) is 20.9. The highest BCUT2D eigenvalue weighted by Crippen LogP contribution is 2.27. The second kappa shape index (κ2) is 8.40. The fourth-order valence-electron chi connectivity index (χ4n) is 2.99. The van der Waals surface area contributed by atoms with Crippen LogP contribution in [-0.4, -0.2) is 45.4 Å². The van der Waals surface area contributed by atoms with E-state index in [2.05, 4.69) is 25.7 Å². The van der Waals surface area contributed by atoms with Crippen molar-refractivity contribution in [2.24, 2.45) is 0 Å². The Kier molecular flexibility index (Phi) is 5.65. The van der Waals surface area contributed by atoms with Crippen LogP contribution < -0.4 is 10.6 Å². The highest BCUT2D eigenvalue weighted by atomic mass is 19.4. The van der Waals surface area contributed by atoms with E-state index in [1.165, 1.54) is 18.5 Å². The van der Waals surface area contributed by atoms with Crippen molar-refractivity contribution in [3.63, 3.8) is 0 Å². The number of rotatable bonds is 4. The molecule has 0 saturated carbocycles. The molecule has 1 amide bonds. The Hall–Kier alpha value is -3.38. The molecule has 12 heteroatoms. The average Bonchev–Trinajstić information content (AvgIpc) is 3.24. The second-order valence-electron chi connectivity index (χ2n) is 6.69. The number of ether oxygens (including phenoxy) is 1. The van der Waals surface area contributed by atoms with Gasteiger partial charge in [-0.3, -0.25) is 4.79 Å². The summed E-state index contributed by atoms with van der Waals surface area (Å²) in [7, 11) is 0. The maximum atomic E-state index is 14.5. The monoisotopic (exact) mass is 436 g/mol. The first-order valence-corrected chi connectivity index (χ1v) is 9.18. The maximum absolute atomic E-state index is 14.5. The third kappa shape index (κ3) is 4.70. The Morgan fingerprint density at radius 2 is 2.06 bits per heavy atom. The molecular formula is C19H16F4N6O2. The molecule has 1 aliphatic rings. The quantitative estimate of drug-likeness (QED) is 0.611. The van der Waals surface area contributed by atoms with Crippen molar-refractivity contribution in [3.8, 4) is 5.82 Å². The van der Waals surface area contributed by atoms with Gasteiger partial charge in [0.1, 0.15) is 5.82 Å². The summed E-state index contributed by atoms with van der Waals surface area (Å²) in [4.78, 5) is 19.4. The van der Waals surface area contributed by atoms with Gasteiger partial charge in [0.2, 0.25) is 0 Å². The third-order valence-electron chi connectivity index (χ3n) is 4.54. The van der Waals surface area contributed by atoms with E-state index >= 15 is 0 Å². The van der Waals surface area contributed by atoms with Crippen LogP contribution in [0.4, 0.5) is 23.2 Å². The average molecular weight is 436 g/mol. The molecule has 0 bridgehead atoms. The van der Waals surface area contributed by atoms with Gasteiger partial charge in [0.05, 0.1) is 36.9 Å². The molecule has 3 heterocycles. The number of hydrogen-bond acceptors (Lipinski definition) is 6. The largest absolute Gasteiger partial charge is 0.434 e. The minimum absolute atomic E-state index is 0.00328. The van der Waals surface area contributed by atoms with Gasteiger partial charge in [0.25, 0.3) is 5.91 Å². The number of carbonyl (C=O) groups is 1. The van der Waals surface area contributed by atoms with Gasteiger partial charge in [-0.05, 0) is 12.1 Å². The van der Waals surface area contributed by atoms with Crippen LogP contribution in [0.25, 0.3) is 5.82 Å². The summed E-state index contributed by atoms with van der Waals surface area (Å²) in [5, 5.41) is 9.58. The number of hydrogen-bond donors (Lipinski definition) is 2. The molecule has 1 aromatic carbocycles. The van der Waals surface area contributed by atoms with E-state index in [4.69, 9.17) is 4.74 Å². The first-order chi connectivity index (χ1) is 14.8. The van der Waals surface area contributed by atoms with Crippen molar-refractivity contribution < 1.29 is 27.1 Å². The van der Waals surface area contributed by atoms with Crippen LogP contribution in [0.15, 0.2) is 43.0 Å². The van der Waals surface area contributed by atoms with E-state index in [-0.39, 0.29) is 17.1 Å². The van der Waals surface area contributed by atoms with E-state index in [0.717, 1.165) is 10.9 Å². The van der Waals surface area contributed by atoms with Gasteiger partial charge in [0.15, 0.2) is 11.5 Å². The summed E-state index contributed by atoms with van der Waals surface area (Å²) in [6.07, 6.45) is -1.05. The zero-order valence-corrected chi connectivity index (χ0v) is 15.9. The van der Waals surface area contributed by atoms with Gasteiger partial charge in [-0.2, -0.15) is 18.3 Å². The Balaban J connectivity index is 1.45. The summed E-state index contributed by atoms with van der Waals surface area (Å²) in [6.45, 7) is 1.68. The fraction of sp³-hybridized carbons (Fsp3) is 0.263. The molecule has 0 spiro atoms. The highest BCUT2D eigenvalue weighted by molar-refractivity contribution is 6.04. The molecular weight excluding hydrogens is 420 g/mol. The van der Waals surface area contributed by atoms with Crippen LogP contribution in [-0.2, 0) is 10.9 Å². The topological polar surface area (TPSA) is 94.0 Å². The molecule has 2 aromatic heterocycles.